The second-order valence-corrected chi connectivity index (χ2v) is 10.6. The Hall–Kier alpha value is -0.623. The molecule has 17 heavy (non-hydrogen) atoms. The van der Waals surface area contributed by atoms with Gasteiger partial charge in [-0.3, -0.25) is 0 Å². The molecule has 6 heteroatoms. The van der Waals surface area contributed by atoms with Crippen LogP contribution < -0.4 is 5.32 Å². The fraction of sp³-hybridized carbons (Fsp3) is 0.818. The van der Waals surface area contributed by atoms with Crippen LogP contribution >= 0.6 is 12.2 Å². The Kier molecular flexibility index (Phi) is 6.11. The highest BCUT2D eigenvalue weighted by atomic mass is 32.1. The van der Waals surface area contributed by atoms with Crippen LogP contribution in [0.1, 0.15) is 27.2 Å². The zero-order valence-electron chi connectivity index (χ0n) is 11.5. The molecule has 0 saturated carbocycles. The lowest BCUT2D eigenvalue weighted by molar-refractivity contribution is 0.0529. The zero-order chi connectivity index (χ0) is 13.7. The summed E-state index contributed by atoms with van der Waals surface area (Å²) in [7, 11) is -1.62. The molecule has 0 bridgehead atoms. The number of carbonyl (C=O) groups excluding carboxylic acids is 1. The van der Waals surface area contributed by atoms with Crippen molar-refractivity contribution in [2.75, 3.05) is 6.54 Å². The number of hydrogen-bond acceptors (Lipinski definition) is 4. The third-order valence-electron chi connectivity index (χ3n) is 1.42. The van der Waals surface area contributed by atoms with E-state index in [9.17, 15) is 4.79 Å². The topological polar surface area (TPSA) is 47.6 Å². The quantitative estimate of drug-likeness (QED) is 0.633. The predicted octanol–water partition coefficient (Wildman–Crippen LogP) is 3.08. The third kappa shape index (κ3) is 11.6. The SMILES string of the molecule is CC(C)(C)OC(=O)NCCC(=S)O[Si](C)(C)C. The number of nitrogens with one attached hydrogen (secondary N) is 1. The maximum atomic E-state index is 11.3. The van der Waals surface area contributed by atoms with Crippen LogP contribution in [0, 0.1) is 0 Å². The summed E-state index contributed by atoms with van der Waals surface area (Å²) in [5.41, 5.74) is -0.473. The first-order chi connectivity index (χ1) is 7.49. The molecule has 0 spiro atoms. The Balaban J connectivity index is 3.78. The summed E-state index contributed by atoms with van der Waals surface area (Å²) in [6.45, 7) is 12.1. The van der Waals surface area contributed by atoms with E-state index in [1.807, 2.05) is 20.8 Å². The normalized spacial score (nSPS) is 11.9. The predicted molar refractivity (Wildman–Crippen MR) is 75.9 cm³/mol. The van der Waals surface area contributed by atoms with E-state index in [1.54, 1.807) is 0 Å². The average Bonchev–Trinajstić information content (AvgIpc) is 1.95. The van der Waals surface area contributed by atoms with Crippen LogP contribution in [0.4, 0.5) is 4.79 Å². The lowest BCUT2D eigenvalue weighted by Gasteiger charge is -2.21. The van der Waals surface area contributed by atoms with Crippen molar-refractivity contribution < 1.29 is 14.0 Å². The molecule has 100 valence electrons. The van der Waals surface area contributed by atoms with Gasteiger partial charge in [-0.2, -0.15) is 0 Å². The Morgan fingerprint density at radius 1 is 1.29 bits per heavy atom. The van der Waals surface area contributed by atoms with E-state index in [2.05, 4.69) is 25.0 Å². The second-order valence-electron chi connectivity index (χ2n) is 5.77. The largest absolute Gasteiger partial charge is 0.540 e. The summed E-state index contributed by atoms with van der Waals surface area (Å²) in [4.78, 5) is 11.3. The number of carbonyl (C=O) groups is 1. The van der Waals surface area contributed by atoms with Crippen molar-refractivity contribution in [3.8, 4) is 0 Å². The molecule has 1 amide bonds. The highest BCUT2D eigenvalue weighted by molar-refractivity contribution is 7.80. The first-order valence-electron chi connectivity index (χ1n) is 5.68. The van der Waals surface area contributed by atoms with Crippen LogP contribution in [-0.4, -0.2) is 31.6 Å². The fourth-order valence-electron chi connectivity index (χ4n) is 0.973. The molecular formula is C11H23NO3SSi. The summed E-state index contributed by atoms with van der Waals surface area (Å²) in [6, 6.07) is 0. The van der Waals surface area contributed by atoms with Crippen LogP contribution in [0.2, 0.25) is 19.6 Å². The van der Waals surface area contributed by atoms with E-state index in [0.29, 0.717) is 18.0 Å². The Morgan fingerprint density at radius 3 is 2.24 bits per heavy atom. The van der Waals surface area contributed by atoms with Crippen molar-refractivity contribution in [3.63, 3.8) is 0 Å². The molecule has 0 radical (unpaired) electrons. The van der Waals surface area contributed by atoms with Gasteiger partial charge in [0.15, 0.2) is 0 Å². The summed E-state index contributed by atoms with van der Waals surface area (Å²) < 4.78 is 10.7. The summed E-state index contributed by atoms with van der Waals surface area (Å²) in [5.74, 6) is 0. The van der Waals surface area contributed by atoms with Gasteiger partial charge in [-0.15, -0.1) is 0 Å². The molecular weight excluding hydrogens is 254 g/mol. The van der Waals surface area contributed by atoms with E-state index in [4.69, 9.17) is 21.4 Å². The molecule has 0 rings (SSSR count). The molecule has 0 saturated heterocycles. The fourth-order valence-corrected chi connectivity index (χ4v) is 2.61. The molecule has 4 nitrogen and oxygen atoms in total. The molecule has 0 aromatic heterocycles. The molecule has 0 atom stereocenters. The summed E-state index contributed by atoms with van der Waals surface area (Å²) in [5, 5.41) is 3.20. The lowest BCUT2D eigenvalue weighted by Crippen LogP contribution is -2.35. The molecule has 0 heterocycles. The highest BCUT2D eigenvalue weighted by Crippen LogP contribution is 2.07. The van der Waals surface area contributed by atoms with Crippen LogP contribution in [0.25, 0.3) is 0 Å². The number of thiocarbonyl (C=S) groups is 1. The first kappa shape index (κ1) is 16.4. The van der Waals surface area contributed by atoms with Crippen molar-refractivity contribution in [2.24, 2.45) is 0 Å². The number of ether oxygens (including phenoxy) is 1. The number of hydrogen-bond donors (Lipinski definition) is 1. The highest BCUT2D eigenvalue weighted by Gasteiger charge is 2.18. The molecule has 0 aromatic carbocycles. The lowest BCUT2D eigenvalue weighted by atomic mass is 10.2. The van der Waals surface area contributed by atoms with Crippen molar-refractivity contribution in [1.29, 1.82) is 0 Å². The van der Waals surface area contributed by atoms with E-state index in [1.165, 1.54) is 0 Å². The van der Waals surface area contributed by atoms with Gasteiger partial charge < -0.3 is 14.5 Å². The molecule has 0 aliphatic heterocycles. The smallest absolute Gasteiger partial charge is 0.407 e. The van der Waals surface area contributed by atoms with E-state index in [-0.39, 0.29) is 0 Å². The molecule has 0 aliphatic carbocycles. The second kappa shape index (κ2) is 6.35. The van der Waals surface area contributed by atoms with Gasteiger partial charge >= 0.3 is 6.09 Å². The molecule has 1 N–H and O–H groups in total. The van der Waals surface area contributed by atoms with Crippen molar-refractivity contribution in [2.45, 2.75) is 52.4 Å². The van der Waals surface area contributed by atoms with Gasteiger partial charge in [-0.1, -0.05) is 0 Å². The Labute approximate surface area is 110 Å². The first-order valence-corrected chi connectivity index (χ1v) is 9.50. The maximum absolute atomic E-state index is 11.3. The number of amides is 1. The Bertz CT molecular complexity index is 253. The van der Waals surface area contributed by atoms with Gasteiger partial charge in [0.05, 0.1) is 0 Å². The van der Waals surface area contributed by atoms with Crippen LogP contribution in [0.5, 0.6) is 0 Å². The number of rotatable bonds is 4. The Morgan fingerprint density at radius 2 is 1.82 bits per heavy atom. The van der Waals surface area contributed by atoms with Crippen molar-refractivity contribution in [3.05, 3.63) is 0 Å². The van der Waals surface area contributed by atoms with Gasteiger partial charge in [0.25, 0.3) is 0 Å². The van der Waals surface area contributed by atoms with Crippen molar-refractivity contribution >= 4 is 31.7 Å². The monoisotopic (exact) mass is 277 g/mol. The van der Waals surface area contributed by atoms with Crippen LogP contribution in [0.3, 0.4) is 0 Å². The average molecular weight is 277 g/mol. The van der Waals surface area contributed by atoms with Crippen molar-refractivity contribution in [1.82, 2.24) is 5.32 Å². The van der Waals surface area contributed by atoms with Gasteiger partial charge in [-0.05, 0) is 52.6 Å². The van der Waals surface area contributed by atoms with Crippen LogP contribution in [0.15, 0.2) is 0 Å². The minimum Gasteiger partial charge on any atom is -0.540 e. The molecule has 0 unspecified atom stereocenters. The minimum atomic E-state index is -1.62. The number of alkyl carbamates (subject to hydrolysis) is 1. The third-order valence-corrected chi connectivity index (χ3v) is 2.71. The van der Waals surface area contributed by atoms with Gasteiger partial charge in [-0.25, -0.2) is 4.79 Å². The maximum Gasteiger partial charge on any atom is 0.407 e. The summed E-state index contributed by atoms with van der Waals surface area (Å²) >= 11 is 5.08. The van der Waals surface area contributed by atoms with Gasteiger partial charge in [0.1, 0.15) is 10.7 Å². The molecule has 0 aliphatic rings. The van der Waals surface area contributed by atoms with Crippen LogP contribution in [-0.2, 0) is 9.16 Å². The van der Waals surface area contributed by atoms with Gasteiger partial charge in [0.2, 0.25) is 8.32 Å². The van der Waals surface area contributed by atoms with E-state index in [0.717, 1.165) is 0 Å². The molecule has 0 aromatic rings. The minimum absolute atomic E-state index is 0.423. The molecule has 0 fully saturated rings. The van der Waals surface area contributed by atoms with E-state index < -0.39 is 20.0 Å². The standard InChI is InChI=1S/C11H23NO3SSi/c1-11(2,3)14-10(13)12-8-7-9(16)15-17(4,5)6/h7-8H2,1-6H3,(H,12,13). The summed E-state index contributed by atoms with van der Waals surface area (Å²) in [6.07, 6.45) is 0.118. The zero-order valence-corrected chi connectivity index (χ0v) is 13.4. The van der Waals surface area contributed by atoms with Gasteiger partial charge in [0, 0.05) is 13.0 Å². The van der Waals surface area contributed by atoms with E-state index >= 15 is 0 Å².